The topological polar surface area (TPSA) is 81.7 Å². The molecule has 1 N–H and O–H groups in total. The van der Waals surface area contributed by atoms with E-state index in [2.05, 4.69) is 33.1 Å². The van der Waals surface area contributed by atoms with Crippen LogP contribution in [0.1, 0.15) is 17.4 Å². The number of H-pyrrole nitrogens is 1. The van der Waals surface area contributed by atoms with Crippen molar-refractivity contribution in [2.24, 2.45) is 0 Å². The minimum atomic E-state index is 0.196. The Morgan fingerprint density at radius 2 is 2.53 bits per heavy atom. The average Bonchev–Trinajstić information content (AvgIpc) is 3.08. The molecule has 1 aliphatic rings. The molecule has 3 rings (SSSR count). The summed E-state index contributed by atoms with van der Waals surface area (Å²) >= 11 is 1.90. The Labute approximate surface area is 114 Å². The number of hydrogen-bond donors (Lipinski definition) is 1. The highest BCUT2D eigenvalue weighted by Gasteiger charge is 2.26. The largest absolute Gasteiger partial charge is 0.356 e. The van der Waals surface area contributed by atoms with Crippen LogP contribution >= 0.6 is 11.8 Å². The summed E-state index contributed by atoms with van der Waals surface area (Å²) in [6.45, 7) is 1.03. The predicted molar refractivity (Wildman–Crippen MR) is 71.5 cm³/mol. The van der Waals surface area contributed by atoms with Crippen LogP contribution in [-0.2, 0) is 0 Å². The number of hydrogen-bond acceptors (Lipinski definition) is 6. The molecule has 3 heterocycles. The van der Waals surface area contributed by atoms with Crippen LogP contribution in [0.2, 0.25) is 0 Å². The second-order valence-electron chi connectivity index (χ2n) is 4.44. The molecule has 1 fully saturated rings. The third kappa shape index (κ3) is 2.37. The number of nitrogens with one attached hydrogen (secondary N) is 1. The van der Waals surface area contributed by atoms with Crippen molar-refractivity contribution in [3.63, 3.8) is 0 Å². The van der Waals surface area contributed by atoms with Crippen molar-refractivity contribution in [3.05, 3.63) is 23.7 Å². The van der Waals surface area contributed by atoms with Gasteiger partial charge in [0, 0.05) is 24.2 Å². The number of thioether (sulfide) groups is 1. The van der Waals surface area contributed by atoms with Crippen LogP contribution in [0.25, 0.3) is 11.6 Å². The van der Waals surface area contributed by atoms with Gasteiger partial charge in [-0.2, -0.15) is 22.0 Å². The monoisotopic (exact) mass is 275 g/mol. The highest BCUT2D eigenvalue weighted by atomic mass is 32.2. The second-order valence-corrected chi connectivity index (χ2v) is 5.59. The SMILES string of the molecule is CN1CCSCC1c1noc(-c2cc(C#N)c[nH]2)n1. The molecule has 1 saturated heterocycles. The molecule has 1 unspecified atom stereocenters. The zero-order chi connectivity index (χ0) is 13.2. The van der Waals surface area contributed by atoms with E-state index in [4.69, 9.17) is 9.78 Å². The number of aromatic amines is 1. The number of nitrogens with zero attached hydrogens (tertiary/aromatic N) is 4. The first-order valence-electron chi connectivity index (χ1n) is 5.98. The maximum atomic E-state index is 8.80. The fourth-order valence-corrected chi connectivity index (χ4v) is 3.23. The van der Waals surface area contributed by atoms with Gasteiger partial charge in [-0.1, -0.05) is 5.16 Å². The van der Waals surface area contributed by atoms with Crippen molar-refractivity contribution in [3.8, 4) is 17.7 Å². The molecule has 6 nitrogen and oxygen atoms in total. The zero-order valence-electron chi connectivity index (χ0n) is 10.5. The first-order chi connectivity index (χ1) is 9.28. The Bertz CT molecular complexity index is 614. The molecule has 2 aromatic heterocycles. The van der Waals surface area contributed by atoms with Crippen LogP contribution in [-0.4, -0.2) is 45.1 Å². The Morgan fingerprint density at radius 3 is 3.26 bits per heavy atom. The summed E-state index contributed by atoms with van der Waals surface area (Å²) in [6, 6.07) is 3.96. The lowest BCUT2D eigenvalue weighted by atomic mass is 10.2. The van der Waals surface area contributed by atoms with Crippen molar-refractivity contribution >= 4 is 11.8 Å². The van der Waals surface area contributed by atoms with Crippen molar-refractivity contribution < 1.29 is 4.52 Å². The minimum absolute atomic E-state index is 0.196. The third-order valence-corrected chi connectivity index (χ3v) is 4.20. The lowest BCUT2D eigenvalue weighted by Gasteiger charge is -2.29. The summed E-state index contributed by atoms with van der Waals surface area (Å²) in [5.74, 6) is 3.25. The molecular formula is C12H13N5OS. The van der Waals surface area contributed by atoms with E-state index in [9.17, 15) is 0 Å². The number of aromatic nitrogens is 3. The van der Waals surface area contributed by atoms with Gasteiger partial charge in [-0.25, -0.2) is 0 Å². The molecule has 0 bridgehead atoms. The van der Waals surface area contributed by atoms with Gasteiger partial charge in [0.15, 0.2) is 5.82 Å². The van der Waals surface area contributed by atoms with Crippen LogP contribution < -0.4 is 0 Å². The minimum Gasteiger partial charge on any atom is -0.356 e. The molecule has 0 aliphatic carbocycles. The fourth-order valence-electron chi connectivity index (χ4n) is 2.02. The summed E-state index contributed by atoms with van der Waals surface area (Å²) in [5, 5.41) is 12.9. The number of rotatable bonds is 2. The average molecular weight is 275 g/mol. The van der Waals surface area contributed by atoms with Crippen LogP contribution in [0, 0.1) is 11.3 Å². The molecule has 0 radical (unpaired) electrons. The summed E-state index contributed by atoms with van der Waals surface area (Å²) in [6.07, 6.45) is 1.63. The lowest BCUT2D eigenvalue weighted by Crippen LogP contribution is -2.33. The van der Waals surface area contributed by atoms with E-state index in [1.807, 2.05) is 11.8 Å². The van der Waals surface area contributed by atoms with Gasteiger partial charge in [-0.3, -0.25) is 4.90 Å². The van der Waals surface area contributed by atoms with Gasteiger partial charge >= 0.3 is 0 Å². The smallest absolute Gasteiger partial charge is 0.274 e. The van der Waals surface area contributed by atoms with E-state index >= 15 is 0 Å². The van der Waals surface area contributed by atoms with E-state index in [0.717, 1.165) is 18.1 Å². The molecule has 19 heavy (non-hydrogen) atoms. The molecule has 0 amide bonds. The summed E-state index contributed by atoms with van der Waals surface area (Å²) in [5.41, 5.74) is 1.24. The summed E-state index contributed by atoms with van der Waals surface area (Å²) < 4.78 is 5.27. The molecule has 0 aromatic carbocycles. The summed E-state index contributed by atoms with van der Waals surface area (Å²) in [7, 11) is 2.07. The predicted octanol–water partition coefficient (Wildman–Crippen LogP) is 1.66. The standard InChI is InChI=1S/C12H13N5OS/c1-17-2-3-19-7-10(17)11-15-12(18-16-11)9-4-8(5-13)6-14-9/h4,6,10,14H,2-3,7H2,1H3. The molecule has 98 valence electrons. The summed E-state index contributed by atoms with van der Waals surface area (Å²) in [4.78, 5) is 9.63. The van der Waals surface area contributed by atoms with Crippen LogP contribution in [0.3, 0.4) is 0 Å². The lowest BCUT2D eigenvalue weighted by molar-refractivity contribution is 0.257. The van der Waals surface area contributed by atoms with Gasteiger partial charge in [-0.05, 0) is 13.1 Å². The van der Waals surface area contributed by atoms with Crippen LogP contribution in [0.4, 0.5) is 0 Å². The third-order valence-electron chi connectivity index (χ3n) is 3.18. The highest BCUT2D eigenvalue weighted by molar-refractivity contribution is 7.99. The first-order valence-corrected chi connectivity index (χ1v) is 7.14. The van der Waals surface area contributed by atoms with Crippen molar-refractivity contribution in [2.75, 3.05) is 25.1 Å². The molecular weight excluding hydrogens is 262 g/mol. The van der Waals surface area contributed by atoms with E-state index in [1.54, 1.807) is 12.3 Å². The highest BCUT2D eigenvalue weighted by Crippen LogP contribution is 2.27. The molecule has 1 aliphatic heterocycles. The van der Waals surface area contributed by atoms with Gasteiger partial charge in [0.05, 0.1) is 11.6 Å². The maximum Gasteiger partial charge on any atom is 0.274 e. The molecule has 0 spiro atoms. The normalized spacial score (nSPS) is 20.3. The van der Waals surface area contributed by atoms with Crippen molar-refractivity contribution in [2.45, 2.75) is 6.04 Å². The molecule has 2 aromatic rings. The van der Waals surface area contributed by atoms with Crippen molar-refractivity contribution in [1.29, 1.82) is 5.26 Å². The van der Waals surface area contributed by atoms with E-state index in [-0.39, 0.29) is 6.04 Å². The fraction of sp³-hybridized carbons (Fsp3) is 0.417. The van der Waals surface area contributed by atoms with Gasteiger partial charge in [0.1, 0.15) is 11.8 Å². The Hall–Kier alpha value is -1.78. The first kappa shape index (κ1) is 12.3. The van der Waals surface area contributed by atoms with Gasteiger partial charge in [-0.15, -0.1) is 0 Å². The Kier molecular flexibility index (Phi) is 3.27. The zero-order valence-corrected chi connectivity index (χ0v) is 11.3. The maximum absolute atomic E-state index is 8.80. The van der Waals surface area contributed by atoms with Gasteiger partial charge < -0.3 is 9.51 Å². The van der Waals surface area contributed by atoms with Crippen LogP contribution in [0.5, 0.6) is 0 Å². The van der Waals surface area contributed by atoms with E-state index < -0.39 is 0 Å². The van der Waals surface area contributed by atoms with E-state index in [1.165, 1.54) is 0 Å². The van der Waals surface area contributed by atoms with Gasteiger partial charge in [0.2, 0.25) is 0 Å². The molecule has 7 heteroatoms. The van der Waals surface area contributed by atoms with Crippen LogP contribution in [0.15, 0.2) is 16.8 Å². The second kappa shape index (κ2) is 5.07. The van der Waals surface area contributed by atoms with Gasteiger partial charge in [0.25, 0.3) is 5.89 Å². The molecule has 1 atom stereocenters. The van der Waals surface area contributed by atoms with E-state index in [0.29, 0.717) is 23.0 Å². The Morgan fingerprint density at radius 1 is 1.63 bits per heavy atom. The van der Waals surface area contributed by atoms with Crippen molar-refractivity contribution in [1.82, 2.24) is 20.0 Å². The quantitative estimate of drug-likeness (QED) is 0.897. The Balaban J connectivity index is 1.84. The number of nitriles is 1. The molecule has 0 saturated carbocycles.